The van der Waals surface area contributed by atoms with Crippen molar-refractivity contribution in [1.82, 2.24) is 29.5 Å². The lowest BCUT2D eigenvalue weighted by Crippen LogP contribution is -2.28. The maximum Gasteiger partial charge on any atom is 0.326 e. The van der Waals surface area contributed by atoms with Crippen LogP contribution in [0.15, 0.2) is 40.2 Å². The van der Waals surface area contributed by atoms with Crippen LogP contribution in [0.5, 0.6) is 5.88 Å². The summed E-state index contributed by atoms with van der Waals surface area (Å²) in [5, 5.41) is 15.0. The fourth-order valence-corrected chi connectivity index (χ4v) is 3.69. The second-order valence-electron chi connectivity index (χ2n) is 7.63. The van der Waals surface area contributed by atoms with Gasteiger partial charge in [0, 0.05) is 18.3 Å². The van der Waals surface area contributed by atoms with Gasteiger partial charge in [-0.3, -0.25) is 4.98 Å². The Morgan fingerprint density at radius 2 is 1.90 bits per heavy atom. The van der Waals surface area contributed by atoms with Crippen LogP contribution >= 0.6 is 0 Å². The molecule has 2 aliphatic rings. The molecule has 6 rings (SSSR count). The summed E-state index contributed by atoms with van der Waals surface area (Å²) in [7, 11) is 0. The predicted molar refractivity (Wildman–Crippen MR) is 108 cm³/mol. The molecule has 1 aromatic carbocycles. The molecule has 0 atom stereocenters. The standard InChI is InChI=1S/C20H18N8O2/c29-17-15(23-20(30)25-17)7-13-8-21-28-16(13)24-18(26-19(28)22-14-5-6-14)27-9-11-3-1-2-4-12(11)10-27/h1-4,7-8,14,29H,5-6,9-10H2,(H2,23,25,30)/b13-7+,22-19?. The highest BCUT2D eigenvalue weighted by molar-refractivity contribution is 5.57. The van der Waals surface area contributed by atoms with E-state index in [1.54, 1.807) is 16.8 Å². The molecule has 0 amide bonds. The predicted octanol–water partition coefficient (Wildman–Crippen LogP) is -0.0227. The third kappa shape index (κ3) is 2.84. The van der Waals surface area contributed by atoms with Crippen LogP contribution in [0.25, 0.3) is 11.7 Å². The molecule has 0 radical (unpaired) electrons. The number of nitrogens with one attached hydrogen (secondary N) is 2. The van der Waals surface area contributed by atoms with Crippen LogP contribution < -0.4 is 21.4 Å². The number of imidazole rings is 1. The summed E-state index contributed by atoms with van der Waals surface area (Å²) >= 11 is 0. The van der Waals surface area contributed by atoms with E-state index in [0.717, 1.165) is 25.9 Å². The lowest BCUT2D eigenvalue weighted by atomic mass is 10.1. The van der Waals surface area contributed by atoms with E-state index in [-0.39, 0.29) is 17.6 Å². The maximum atomic E-state index is 11.5. The molecule has 3 N–H and O–H groups in total. The molecule has 10 heteroatoms. The van der Waals surface area contributed by atoms with Crippen LogP contribution in [-0.2, 0) is 13.1 Å². The van der Waals surface area contributed by atoms with Crippen molar-refractivity contribution in [2.75, 3.05) is 4.90 Å². The zero-order chi connectivity index (χ0) is 20.2. The lowest BCUT2D eigenvalue weighted by molar-refractivity contribution is 0.454. The van der Waals surface area contributed by atoms with Crippen molar-refractivity contribution < 1.29 is 5.11 Å². The van der Waals surface area contributed by atoms with E-state index in [0.29, 0.717) is 22.4 Å². The average Bonchev–Trinajstić information content (AvgIpc) is 3.16. The maximum absolute atomic E-state index is 11.5. The molecule has 1 saturated carbocycles. The smallest absolute Gasteiger partial charge is 0.326 e. The van der Waals surface area contributed by atoms with Gasteiger partial charge < -0.3 is 15.0 Å². The van der Waals surface area contributed by atoms with Gasteiger partial charge in [0.1, 0.15) is 5.69 Å². The third-order valence-corrected chi connectivity index (χ3v) is 5.37. The molecule has 0 saturated heterocycles. The van der Waals surface area contributed by atoms with Crippen LogP contribution in [0, 0.1) is 0 Å². The van der Waals surface area contributed by atoms with Gasteiger partial charge in [-0.25, -0.2) is 9.79 Å². The van der Waals surface area contributed by atoms with E-state index in [1.165, 1.54) is 11.1 Å². The summed E-state index contributed by atoms with van der Waals surface area (Å²) in [6.45, 7) is 1.46. The summed E-state index contributed by atoms with van der Waals surface area (Å²) in [5.41, 5.74) is 3.39. The van der Waals surface area contributed by atoms with Crippen molar-refractivity contribution in [3.63, 3.8) is 0 Å². The first-order valence-corrected chi connectivity index (χ1v) is 9.78. The molecule has 10 nitrogen and oxygen atoms in total. The van der Waals surface area contributed by atoms with Crippen molar-refractivity contribution in [2.45, 2.75) is 32.0 Å². The van der Waals surface area contributed by atoms with Crippen LogP contribution in [0.3, 0.4) is 0 Å². The van der Waals surface area contributed by atoms with Crippen LogP contribution in [0.1, 0.15) is 29.7 Å². The minimum Gasteiger partial charge on any atom is -0.493 e. The highest BCUT2D eigenvalue weighted by atomic mass is 16.3. The van der Waals surface area contributed by atoms with Crippen LogP contribution in [0.2, 0.25) is 0 Å². The molecule has 150 valence electrons. The summed E-state index contributed by atoms with van der Waals surface area (Å²) < 4.78 is 1.61. The van der Waals surface area contributed by atoms with Gasteiger partial charge in [-0.2, -0.15) is 19.6 Å². The van der Waals surface area contributed by atoms with E-state index >= 15 is 0 Å². The summed E-state index contributed by atoms with van der Waals surface area (Å²) in [6.07, 6.45) is 5.36. The Morgan fingerprint density at radius 1 is 1.13 bits per heavy atom. The summed E-state index contributed by atoms with van der Waals surface area (Å²) in [4.78, 5) is 32.6. The fourth-order valence-electron chi connectivity index (χ4n) is 3.69. The second kappa shape index (κ2) is 6.28. The Balaban J connectivity index is 1.53. The van der Waals surface area contributed by atoms with E-state index in [9.17, 15) is 9.90 Å². The number of anilines is 1. The van der Waals surface area contributed by atoms with Crippen molar-refractivity contribution in [3.05, 3.63) is 68.6 Å². The lowest BCUT2D eigenvalue weighted by Gasteiger charge is -2.15. The molecule has 1 aliphatic carbocycles. The zero-order valence-electron chi connectivity index (χ0n) is 15.9. The van der Waals surface area contributed by atoms with Crippen molar-refractivity contribution >= 4 is 17.7 Å². The molecule has 3 aromatic heterocycles. The first-order valence-electron chi connectivity index (χ1n) is 9.78. The first kappa shape index (κ1) is 17.0. The van der Waals surface area contributed by atoms with Gasteiger partial charge in [0.2, 0.25) is 11.8 Å². The Labute approximate surface area is 169 Å². The van der Waals surface area contributed by atoms with E-state index in [1.807, 2.05) is 12.1 Å². The van der Waals surface area contributed by atoms with Gasteiger partial charge in [0.15, 0.2) is 5.65 Å². The number of aromatic hydroxyl groups is 1. The minimum atomic E-state index is -0.482. The van der Waals surface area contributed by atoms with E-state index < -0.39 is 5.69 Å². The number of rotatable bonds is 3. The van der Waals surface area contributed by atoms with E-state index in [2.05, 4.69) is 32.1 Å². The van der Waals surface area contributed by atoms with Crippen LogP contribution in [-0.4, -0.2) is 40.7 Å². The molecule has 1 fully saturated rings. The third-order valence-electron chi connectivity index (χ3n) is 5.37. The molecule has 1 aliphatic heterocycles. The normalized spacial score (nSPS) is 17.3. The van der Waals surface area contributed by atoms with Crippen molar-refractivity contribution in [2.24, 2.45) is 4.99 Å². The van der Waals surface area contributed by atoms with Crippen molar-refractivity contribution in [3.8, 4) is 5.88 Å². The highest BCUT2D eigenvalue weighted by Gasteiger charge is 2.24. The number of aromatic nitrogens is 6. The molecule has 0 bridgehead atoms. The zero-order valence-corrected chi connectivity index (χ0v) is 15.9. The molecule has 4 aromatic rings. The van der Waals surface area contributed by atoms with Gasteiger partial charge >= 0.3 is 5.69 Å². The summed E-state index contributed by atoms with van der Waals surface area (Å²) in [5.74, 6) is 0.353. The van der Waals surface area contributed by atoms with Gasteiger partial charge in [-0.15, -0.1) is 0 Å². The number of H-pyrrole nitrogens is 2. The molecular weight excluding hydrogens is 384 g/mol. The molecule has 4 heterocycles. The fraction of sp³-hybridized carbons (Fsp3) is 0.250. The number of hydrogen-bond acceptors (Lipinski definition) is 7. The minimum absolute atomic E-state index is 0.230. The van der Waals surface area contributed by atoms with E-state index in [4.69, 9.17) is 15.0 Å². The Bertz CT molecular complexity index is 1440. The largest absolute Gasteiger partial charge is 0.493 e. The topological polar surface area (TPSA) is 128 Å². The first-order chi connectivity index (χ1) is 14.6. The van der Waals surface area contributed by atoms with Gasteiger partial charge in [0.25, 0.3) is 5.62 Å². The van der Waals surface area contributed by atoms with Gasteiger partial charge in [-0.05, 0) is 30.0 Å². The SMILES string of the molecule is O=c1[nH]c(O)c(/C=c2\cnn3c(=NC4CC4)nc(N4Cc5ccccc5C4)nc23)[nH]1. The monoisotopic (exact) mass is 402 g/mol. The number of fused-ring (bicyclic) bond motifs is 2. The molecular formula is C20H18N8O2. The number of hydrogen-bond donors (Lipinski definition) is 3. The van der Waals surface area contributed by atoms with Crippen molar-refractivity contribution in [1.29, 1.82) is 0 Å². The number of benzene rings is 1. The quantitative estimate of drug-likeness (QED) is 0.442. The van der Waals surface area contributed by atoms with Gasteiger partial charge in [0.05, 0.1) is 12.2 Å². The summed E-state index contributed by atoms with van der Waals surface area (Å²) in [6, 6.07) is 8.58. The number of nitrogens with zero attached hydrogens (tertiary/aromatic N) is 6. The average molecular weight is 402 g/mol. The number of aromatic amines is 2. The Morgan fingerprint density at radius 3 is 2.57 bits per heavy atom. The molecule has 30 heavy (non-hydrogen) atoms. The Kier molecular flexibility index (Phi) is 3.55. The van der Waals surface area contributed by atoms with Crippen LogP contribution in [0.4, 0.5) is 5.95 Å². The highest BCUT2D eigenvalue weighted by Crippen LogP contribution is 2.25. The Hall–Kier alpha value is -3.95. The van der Waals surface area contributed by atoms with Gasteiger partial charge in [-0.1, -0.05) is 24.3 Å². The molecule has 0 spiro atoms. The molecule has 0 unspecified atom stereocenters. The second-order valence-corrected chi connectivity index (χ2v) is 7.63.